The first kappa shape index (κ1) is 19.7. The molecule has 1 aliphatic carbocycles. The fourth-order valence-corrected chi connectivity index (χ4v) is 4.00. The molecule has 1 fully saturated rings. The molecular formula is C20H20BrF2NO3. The molecule has 0 aliphatic heterocycles. The van der Waals surface area contributed by atoms with Crippen molar-refractivity contribution in [2.24, 2.45) is 5.92 Å². The Morgan fingerprint density at radius 1 is 1.22 bits per heavy atom. The Hall–Kier alpha value is -2.02. The smallest absolute Gasteiger partial charge is 0.337 e. The second kappa shape index (κ2) is 8.33. The highest BCUT2D eigenvalue weighted by atomic mass is 79.9. The highest BCUT2D eigenvalue weighted by Crippen LogP contribution is 2.26. The van der Waals surface area contributed by atoms with Crippen molar-refractivity contribution >= 4 is 21.9 Å². The van der Waals surface area contributed by atoms with E-state index in [0.29, 0.717) is 11.0 Å². The Morgan fingerprint density at radius 2 is 1.93 bits per heavy atom. The molecule has 4 nitrogen and oxygen atoms in total. The maximum atomic E-state index is 14.8. The van der Waals surface area contributed by atoms with Gasteiger partial charge in [0, 0.05) is 29.2 Å². The van der Waals surface area contributed by atoms with Gasteiger partial charge in [-0.3, -0.25) is 4.79 Å². The molecule has 1 heterocycles. The molecule has 1 N–H and O–H groups in total. The predicted octanol–water partition coefficient (Wildman–Crippen LogP) is 4.76. The van der Waals surface area contributed by atoms with Gasteiger partial charge in [0.15, 0.2) is 5.82 Å². The lowest BCUT2D eigenvalue weighted by Gasteiger charge is -2.23. The standard InChI is InChI=1S/C20H20BrF2NO3/c21-14-7-6-13(17(22)9-14)8-15-16(20(26)27)11-24(19(25)18(15)23)10-12-4-2-1-3-5-12/h6-7,9,11-12H,1-5,8,10H2,(H,26,27). The molecule has 0 unspecified atom stereocenters. The van der Waals surface area contributed by atoms with Crippen LogP contribution in [0.25, 0.3) is 0 Å². The second-order valence-electron chi connectivity index (χ2n) is 7.01. The highest BCUT2D eigenvalue weighted by molar-refractivity contribution is 9.10. The molecule has 3 rings (SSSR count). The third kappa shape index (κ3) is 4.46. The SMILES string of the molecule is O=C(O)c1cn(CC2CCCCC2)c(=O)c(F)c1Cc1ccc(Br)cc1F. The molecule has 0 amide bonds. The molecule has 2 aromatic rings. The number of carboxylic acids is 1. The molecule has 0 radical (unpaired) electrons. The summed E-state index contributed by atoms with van der Waals surface area (Å²) in [5.41, 5.74) is -1.30. The quantitative estimate of drug-likeness (QED) is 0.730. The van der Waals surface area contributed by atoms with Gasteiger partial charge in [-0.25, -0.2) is 13.6 Å². The highest BCUT2D eigenvalue weighted by Gasteiger charge is 2.23. The summed E-state index contributed by atoms with van der Waals surface area (Å²) < 4.78 is 30.6. The van der Waals surface area contributed by atoms with Crippen LogP contribution < -0.4 is 5.56 Å². The lowest BCUT2D eigenvalue weighted by Crippen LogP contribution is -2.30. The van der Waals surface area contributed by atoms with E-state index in [2.05, 4.69) is 15.9 Å². The predicted molar refractivity (Wildman–Crippen MR) is 101 cm³/mol. The molecule has 0 atom stereocenters. The van der Waals surface area contributed by atoms with E-state index in [9.17, 15) is 23.5 Å². The number of nitrogens with zero attached hydrogens (tertiary/aromatic N) is 1. The maximum absolute atomic E-state index is 14.8. The average molecular weight is 440 g/mol. The van der Waals surface area contributed by atoms with E-state index >= 15 is 0 Å². The molecule has 0 saturated heterocycles. The van der Waals surface area contributed by atoms with Crippen molar-refractivity contribution in [3.8, 4) is 0 Å². The summed E-state index contributed by atoms with van der Waals surface area (Å²) in [6, 6.07) is 4.25. The summed E-state index contributed by atoms with van der Waals surface area (Å²) in [5, 5.41) is 9.52. The molecule has 0 spiro atoms. The monoisotopic (exact) mass is 439 g/mol. The van der Waals surface area contributed by atoms with Crippen LogP contribution in [0.5, 0.6) is 0 Å². The van der Waals surface area contributed by atoms with Crippen LogP contribution in [0.4, 0.5) is 8.78 Å². The Bertz CT molecular complexity index is 920. The minimum Gasteiger partial charge on any atom is -0.478 e. The van der Waals surface area contributed by atoms with E-state index in [1.54, 1.807) is 6.07 Å². The molecule has 0 bridgehead atoms. The van der Waals surface area contributed by atoms with Gasteiger partial charge in [0.2, 0.25) is 0 Å². The van der Waals surface area contributed by atoms with Crippen LogP contribution >= 0.6 is 15.9 Å². The largest absolute Gasteiger partial charge is 0.478 e. The van der Waals surface area contributed by atoms with Gasteiger partial charge in [0.05, 0.1) is 5.56 Å². The first-order chi connectivity index (χ1) is 12.9. The number of carboxylic acid groups (broad SMARTS) is 1. The van der Waals surface area contributed by atoms with Crippen LogP contribution in [0.15, 0.2) is 33.7 Å². The van der Waals surface area contributed by atoms with E-state index in [4.69, 9.17) is 0 Å². The minimum absolute atomic E-state index is 0.129. The number of aromatic carboxylic acids is 1. The van der Waals surface area contributed by atoms with Crippen LogP contribution in [0.2, 0.25) is 0 Å². The van der Waals surface area contributed by atoms with Crippen LogP contribution in [0.1, 0.15) is 53.6 Å². The first-order valence-corrected chi connectivity index (χ1v) is 9.75. The molecule has 1 aliphatic rings. The van der Waals surface area contributed by atoms with Crippen molar-refractivity contribution in [2.45, 2.75) is 45.1 Å². The van der Waals surface area contributed by atoms with Crippen molar-refractivity contribution in [1.29, 1.82) is 0 Å². The van der Waals surface area contributed by atoms with Crippen molar-refractivity contribution in [3.05, 3.63) is 67.5 Å². The minimum atomic E-state index is -1.33. The third-order valence-electron chi connectivity index (χ3n) is 5.12. The van der Waals surface area contributed by atoms with Crippen LogP contribution in [-0.4, -0.2) is 15.6 Å². The summed E-state index contributed by atoms with van der Waals surface area (Å²) in [6.07, 6.45) is 6.08. The topological polar surface area (TPSA) is 59.3 Å². The zero-order valence-corrected chi connectivity index (χ0v) is 16.3. The molecule has 1 saturated carbocycles. The number of benzene rings is 1. The van der Waals surface area contributed by atoms with Gasteiger partial charge < -0.3 is 9.67 Å². The normalized spacial score (nSPS) is 15.1. The van der Waals surface area contributed by atoms with Gasteiger partial charge in [0.25, 0.3) is 5.56 Å². The van der Waals surface area contributed by atoms with Crippen LogP contribution in [-0.2, 0) is 13.0 Å². The van der Waals surface area contributed by atoms with Gasteiger partial charge in [-0.1, -0.05) is 41.3 Å². The molecule has 7 heteroatoms. The number of hydrogen-bond acceptors (Lipinski definition) is 2. The molecule has 1 aromatic carbocycles. The van der Waals surface area contributed by atoms with Crippen molar-refractivity contribution in [2.75, 3.05) is 0 Å². The summed E-state index contributed by atoms with van der Waals surface area (Å²) >= 11 is 3.14. The van der Waals surface area contributed by atoms with Gasteiger partial charge >= 0.3 is 5.97 Å². The van der Waals surface area contributed by atoms with E-state index in [0.717, 1.165) is 36.7 Å². The number of halogens is 3. The van der Waals surface area contributed by atoms with E-state index in [1.807, 2.05) is 0 Å². The van der Waals surface area contributed by atoms with E-state index in [-0.39, 0.29) is 29.0 Å². The number of pyridine rings is 1. The summed E-state index contributed by atoms with van der Waals surface area (Å²) in [6.45, 7) is 0.308. The second-order valence-corrected chi connectivity index (χ2v) is 7.93. The Labute approximate surface area is 164 Å². The van der Waals surface area contributed by atoms with Crippen LogP contribution in [0.3, 0.4) is 0 Å². The van der Waals surface area contributed by atoms with Gasteiger partial charge in [-0.15, -0.1) is 0 Å². The Kier molecular flexibility index (Phi) is 6.09. The number of rotatable bonds is 5. The van der Waals surface area contributed by atoms with Crippen molar-refractivity contribution in [1.82, 2.24) is 4.57 Å². The van der Waals surface area contributed by atoms with Gasteiger partial charge in [-0.05, 0) is 36.5 Å². The summed E-state index contributed by atoms with van der Waals surface area (Å²) in [5.74, 6) is -2.80. The Balaban J connectivity index is 1.99. The fraction of sp³-hybridized carbons (Fsp3) is 0.400. The van der Waals surface area contributed by atoms with E-state index in [1.165, 1.54) is 18.3 Å². The van der Waals surface area contributed by atoms with Gasteiger partial charge in [-0.2, -0.15) is 0 Å². The number of hydrogen-bond donors (Lipinski definition) is 1. The zero-order chi connectivity index (χ0) is 19.6. The number of carbonyl (C=O) groups is 1. The molecule has 27 heavy (non-hydrogen) atoms. The lowest BCUT2D eigenvalue weighted by molar-refractivity contribution is 0.0693. The lowest BCUT2D eigenvalue weighted by atomic mass is 9.89. The zero-order valence-electron chi connectivity index (χ0n) is 14.7. The molecule has 1 aromatic heterocycles. The van der Waals surface area contributed by atoms with E-state index < -0.39 is 23.2 Å². The Morgan fingerprint density at radius 3 is 2.56 bits per heavy atom. The van der Waals surface area contributed by atoms with Gasteiger partial charge in [0.1, 0.15) is 5.82 Å². The fourth-order valence-electron chi connectivity index (χ4n) is 3.66. The van der Waals surface area contributed by atoms with Crippen molar-refractivity contribution in [3.63, 3.8) is 0 Å². The summed E-state index contributed by atoms with van der Waals surface area (Å²) in [7, 11) is 0. The number of aromatic nitrogens is 1. The first-order valence-electron chi connectivity index (χ1n) is 8.96. The molecule has 144 valence electrons. The third-order valence-corrected chi connectivity index (χ3v) is 5.61. The maximum Gasteiger partial charge on any atom is 0.337 e. The molecular weight excluding hydrogens is 420 g/mol. The van der Waals surface area contributed by atoms with Crippen molar-refractivity contribution < 1.29 is 18.7 Å². The van der Waals surface area contributed by atoms with Crippen LogP contribution in [0, 0.1) is 17.6 Å². The average Bonchev–Trinajstić information content (AvgIpc) is 2.63. The summed E-state index contributed by atoms with van der Waals surface area (Å²) in [4.78, 5) is 24.1.